The van der Waals surface area contributed by atoms with E-state index in [1.165, 1.54) is 0 Å². The van der Waals surface area contributed by atoms with E-state index in [-0.39, 0.29) is 11.5 Å². The summed E-state index contributed by atoms with van der Waals surface area (Å²) < 4.78 is 27.5. The molecular weight excluding hydrogens is 322 g/mol. The van der Waals surface area contributed by atoms with Crippen LogP contribution in [0.3, 0.4) is 0 Å². The summed E-state index contributed by atoms with van der Waals surface area (Å²) in [5.74, 6) is 0. The Kier molecular flexibility index (Phi) is 6.20. The summed E-state index contributed by atoms with van der Waals surface area (Å²) in [4.78, 5) is 0.253. The quantitative estimate of drug-likeness (QED) is 0.724. The second-order valence-corrected chi connectivity index (χ2v) is 7.33. The van der Waals surface area contributed by atoms with Crippen LogP contribution in [-0.2, 0) is 10.0 Å². The van der Waals surface area contributed by atoms with Crippen molar-refractivity contribution in [3.8, 4) is 0 Å². The molecule has 0 atom stereocenters. The zero-order valence-corrected chi connectivity index (χ0v) is 13.8. The van der Waals surface area contributed by atoms with Gasteiger partial charge < -0.3 is 5.11 Å². The van der Waals surface area contributed by atoms with Crippen molar-refractivity contribution in [3.63, 3.8) is 0 Å². The summed E-state index contributed by atoms with van der Waals surface area (Å²) >= 11 is 5.98. The smallest absolute Gasteiger partial charge is 0.241 e. The predicted molar refractivity (Wildman–Crippen MR) is 89.7 cm³/mol. The molecule has 2 N–H and O–H groups in total. The maximum Gasteiger partial charge on any atom is 0.241 e. The third kappa shape index (κ3) is 4.43. The monoisotopic (exact) mass is 341 g/mol. The molecule has 0 fully saturated rings. The highest BCUT2D eigenvalue weighted by atomic mass is 35.5. The number of hydrogen-bond donors (Lipinski definition) is 2. The number of hydrogen-bond acceptors (Lipinski definition) is 3. The van der Waals surface area contributed by atoms with E-state index in [9.17, 15) is 8.42 Å². The van der Waals surface area contributed by atoms with Gasteiger partial charge in [-0.25, -0.2) is 13.1 Å². The minimum atomic E-state index is -3.55. The lowest BCUT2D eigenvalue weighted by Crippen LogP contribution is -2.25. The van der Waals surface area contributed by atoms with E-state index in [1.54, 1.807) is 24.3 Å². The predicted octanol–water partition coefficient (Wildman–Crippen LogP) is 3.32. The Labute approximate surface area is 136 Å². The third-order valence-corrected chi connectivity index (χ3v) is 5.22. The topological polar surface area (TPSA) is 66.4 Å². The number of aliphatic hydroxyl groups is 1. The average Bonchev–Trinajstić information content (AvgIpc) is 2.50. The minimum absolute atomic E-state index is 0.183. The first kappa shape index (κ1) is 17.2. The molecule has 0 bridgehead atoms. The summed E-state index contributed by atoms with van der Waals surface area (Å²) in [6.07, 6.45) is 3.31. The fourth-order valence-corrected chi connectivity index (χ4v) is 3.79. The van der Waals surface area contributed by atoms with Crippen molar-refractivity contribution in [2.24, 2.45) is 0 Å². The molecule has 2 rings (SSSR count). The standard InChI is InChI=1S/C16H20ClNO3S/c17-14-9-8-13-6-5-7-16(15(13)12-14)22(20,21)18-10-3-1-2-4-11-19/h5-9,12,18-19H,1-4,10-11H2. The number of fused-ring (bicyclic) bond motifs is 1. The molecule has 22 heavy (non-hydrogen) atoms. The van der Waals surface area contributed by atoms with Gasteiger partial charge in [0.1, 0.15) is 0 Å². The molecule has 0 aliphatic heterocycles. The van der Waals surface area contributed by atoms with Gasteiger partial charge in [-0.1, -0.05) is 42.6 Å². The molecule has 0 aromatic heterocycles. The molecule has 4 nitrogen and oxygen atoms in total. The Morgan fingerprint density at radius 1 is 1.05 bits per heavy atom. The zero-order valence-electron chi connectivity index (χ0n) is 12.3. The molecular formula is C16H20ClNO3S. The van der Waals surface area contributed by atoms with E-state index in [1.807, 2.05) is 12.1 Å². The molecule has 0 heterocycles. The first-order chi connectivity index (χ1) is 10.5. The van der Waals surface area contributed by atoms with Crippen LogP contribution in [0.4, 0.5) is 0 Å². The third-order valence-electron chi connectivity index (χ3n) is 3.47. The van der Waals surface area contributed by atoms with Gasteiger partial charge in [0, 0.05) is 23.6 Å². The van der Waals surface area contributed by atoms with Gasteiger partial charge >= 0.3 is 0 Å². The number of unbranched alkanes of at least 4 members (excludes halogenated alkanes) is 3. The molecule has 0 saturated heterocycles. The second kappa shape index (κ2) is 7.92. The molecule has 0 spiro atoms. The van der Waals surface area contributed by atoms with E-state index in [0.717, 1.165) is 31.1 Å². The molecule has 0 radical (unpaired) electrons. The minimum Gasteiger partial charge on any atom is -0.396 e. The van der Waals surface area contributed by atoms with Crippen molar-refractivity contribution < 1.29 is 13.5 Å². The first-order valence-corrected chi connectivity index (χ1v) is 9.19. The lowest BCUT2D eigenvalue weighted by atomic mass is 10.1. The van der Waals surface area contributed by atoms with Crippen molar-refractivity contribution in [2.75, 3.05) is 13.2 Å². The van der Waals surface area contributed by atoms with E-state index in [0.29, 0.717) is 17.0 Å². The van der Waals surface area contributed by atoms with Crippen molar-refractivity contribution in [1.29, 1.82) is 0 Å². The molecule has 6 heteroatoms. The van der Waals surface area contributed by atoms with Gasteiger partial charge in [0.2, 0.25) is 10.0 Å². The van der Waals surface area contributed by atoms with Crippen molar-refractivity contribution in [3.05, 3.63) is 41.4 Å². The van der Waals surface area contributed by atoms with Crippen LogP contribution >= 0.6 is 11.6 Å². The first-order valence-electron chi connectivity index (χ1n) is 7.33. The summed E-state index contributed by atoms with van der Waals surface area (Å²) in [5.41, 5.74) is 0. The highest BCUT2D eigenvalue weighted by molar-refractivity contribution is 7.89. The molecule has 0 amide bonds. The van der Waals surface area contributed by atoms with E-state index in [2.05, 4.69) is 4.72 Å². The Bertz CT molecular complexity index is 731. The Balaban J connectivity index is 2.11. The van der Waals surface area contributed by atoms with Gasteiger partial charge in [-0.3, -0.25) is 0 Å². The Morgan fingerprint density at radius 2 is 1.82 bits per heavy atom. The lowest BCUT2D eigenvalue weighted by molar-refractivity contribution is 0.282. The number of aliphatic hydroxyl groups excluding tert-OH is 1. The number of halogens is 1. The van der Waals surface area contributed by atoms with Crippen LogP contribution < -0.4 is 4.72 Å². The van der Waals surface area contributed by atoms with Crippen LogP contribution in [0.1, 0.15) is 25.7 Å². The molecule has 2 aromatic rings. The average molecular weight is 342 g/mol. The number of benzene rings is 2. The molecule has 0 aliphatic carbocycles. The number of rotatable bonds is 8. The second-order valence-electron chi connectivity index (χ2n) is 5.16. The summed E-state index contributed by atoms with van der Waals surface area (Å²) in [7, 11) is -3.55. The zero-order chi connectivity index (χ0) is 16.0. The Morgan fingerprint density at radius 3 is 2.59 bits per heavy atom. The van der Waals surface area contributed by atoms with Crippen LogP contribution in [0.2, 0.25) is 5.02 Å². The highest BCUT2D eigenvalue weighted by Crippen LogP contribution is 2.25. The fraction of sp³-hybridized carbons (Fsp3) is 0.375. The maximum atomic E-state index is 12.5. The maximum absolute atomic E-state index is 12.5. The van der Waals surface area contributed by atoms with Crippen LogP contribution in [-0.4, -0.2) is 26.7 Å². The van der Waals surface area contributed by atoms with E-state index in [4.69, 9.17) is 16.7 Å². The van der Waals surface area contributed by atoms with Gasteiger partial charge in [0.05, 0.1) is 4.90 Å². The van der Waals surface area contributed by atoms with Gasteiger partial charge in [0.25, 0.3) is 0 Å². The molecule has 0 unspecified atom stereocenters. The number of nitrogens with one attached hydrogen (secondary N) is 1. The van der Waals surface area contributed by atoms with Crippen LogP contribution in [0.25, 0.3) is 10.8 Å². The Hall–Kier alpha value is -1.14. The normalized spacial score (nSPS) is 11.9. The van der Waals surface area contributed by atoms with E-state index >= 15 is 0 Å². The van der Waals surface area contributed by atoms with Gasteiger partial charge in [0.15, 0.2) is 0 Å². The highest BCUT2D eigenvalue weighted by Gasteiger charge is 2.16. The summed E-state index contributed by atoms with van der Waals surface area (Å²) in [6, 6.07) is 10.4. The van der Waals surface area contributed by atoms with Crippen molar-refractivity contribution in [1.82, 2.24) is 4.72 Å². The van der Waals surface area contributed by atoms with Gasteiger partial charge in [-0.15, -0.1) is 0 Å². The molecule has 120 valence electrons. The van der Waals surface area contributed by atoms with Crippen molar-refractivity contribution >= 4 is 32.4 Å². The fourth-order valence-electron chi connectivity index (χ4n) is 2.33. The van der Waals surface area contributed by atoms with Gasteiger partial charge in [-0.05, 0) is 36.4 Å². The summed E-state index contributed by atoms with van der Waals surface area (Å²) in [5, 5.41) is 10.7. The van der Waals surface area contributed by atoms with Crippen molar-refractivity contribution in [2.45, 2.75) is 30.6 Å². The molecule has 2 aromatic carbocycles. The van der Waals surface area contributed by atoms with Crippen LogP contribution in [0.5, 0.6) is 0 Å². The summed E-state index contributed by atoms with van der Waals surface area (Å²) in [6.45, 7) is 0.577. The molecule has 0 saturated carbocycles. The van der Waals surface area contributed by atoms with E-state index < -0.39 is 10.0 Å². The van der Waals surface area contributed by atoms with Crippen LogP contribution in [0.15, 0.2) is 41.3 Å². The van der Waals surface area contributed by atoms with Crippen LogP contribution in [0, 0.1) is 0 Å². The van der Waals surface area contributed by atoms with Gasteiger partial charge in [-0.2, -0.15) is 0 Å². The molecule has 0 aliphatic rings. The largest absolute Gasteiger partial charge is 0.396 e. The number of sulfonamides is 1. The SMILES string of the molecule is O=S(=O)(NCCCCCCO)c1cccc2ccc(Cl)cc12. The lowest BCUT2D eigenvalue weighted by Gasteiger charge is -2.10.